The molecule has 2 fully saturated rings. The van der Waals surface area contributed by atoms with Gasteiger partial charge in [-0.1, -0.05) is 0 Å². The molecule has 94 valence electrons. The molecule has 3 heterocycles. The van der Waals surface area contributed by atoms with E-state index in [1.54, 1.807) is 0 Å². The van der Waals surface area contributed by atoms with Crippen LogP contribution in [0.2, 0.25) is 0 Å². The Kier molecular flexibility index (Phi) is 2.92. The van der Waals surface area contributed by atoms with Gasteiger partial charge in [-0.25, -0.2) is 0 Å². The maximum absolute atomic E-state index is 4.41. The van der Waals surface area contributed by atoms with Crippen LogP contribution in [0.3, 0.4) is 0 Å². The predicted octanol–water partition coefficient (Wildman–Crippen LogP) is 1.13. The van der Waals surface area contributed by atoms with Crippen molar-refractivity contribution in [3.63, 3.8) is 0 Å². The third-order valence-electron chi connectivity index (χ3n) is 4.44. The van der Waals surface area contributed by atoms with Crippen LogP contribution in [0.15, 0.2) is 12.3 Å². The number of piperidine rings is 1. The second kappa shape index (κ2) is 4.42. The first-order valence-electron chi connectivity index (χ1n) is 6.66. The molecule has 4 nitrogen and oxygen atoms in total. The molecule has 1 aromatic heterocycles. The van der Waals surface area contributed by atoms with E-state index in [1.165, 1.54) is 25.7 Å². The van der Waals surface area contributed by atoms with Crippen molar-refractivity contribution in [1.82, 2.24) is 20.0 Å². The van der Waals surface area contributed by atoms with Crippen LogP contribution < -0.4 is 5.32 Å². The van der Waals surface area contributed by atoms with Crippen LogP contribution in [0.1, 0.15) is 31.4 Å². The lowest BCUT2D eigenvalue weighted by atomic mass is 9.98. The summed E-state index contributed by atoms with van der Waals surface area (Å²) in [5.74, 6) is 0. The zero-order valence-electron chi connectivity index (χ0n) is 10.8. The SMILES string of the molecule is CN1C2CCC1CC(NCc1ccn(C)n1)C2. The molecule has 0 amide bonds. The number of rotatable bonds is 3. The molecule has 0 aromatic carbocycles. The number of nitrogens with one attached hydrogen (secondary N) is 1. The van der Waals surface area contributed by atoms with Gasteiger partial charge in [-0.3, -0.25) is 4.68 Å². The highest BCUT2D eigenvalue weighted by Crippen LogP contribution is 2.34. The minimum absolute atomic E-state index is 0.686. The lowest BCUT2D eigenvalue weighted by Crippen LogP contribution is -2.47. The highest BCUT2D eigenvalue weighted by Gasteiger charge is 2.37. The predicted molar refractivity (Wildman–Crippen MR) is 67.6 cm³/mol. The summed E-state index contributed by atoms with van der Waals surface area (Å²) < 4.78 is 1.87. The number of aryl methyl sites for hydroxylation is 1. The van der Waals surface area contributed by atoms with Gasteiger partial charge in [0.2, 0.25) is 0 Å². The van der Waals surface area contributed by atoms with E-state index in [1.807, 2.05) is 17.9 Å². The molecular weight excluding hydrogens is 212 g/mol. The maximum Gasteiger partial charge on any atom is 0.0762 e. The highest BCUT2D eigenvalue weighted by atomic mass is 15.3. The van der Waals surface area contributed by atoms with E-state index in [-0.39, 0.29) is 0 Å². The lowest BCUT2D eigenvalue weighted by molar-refractivity contribution is 0.148. The van der Waals surface area contributed by atoms with Crippen LogP contribution in [-0.2, 0) is 13.6 Å². The summed E-state index contributed by atoms with van der Waals surface area (Å²) in [6.07, 6.45) is 7.40. The van der Waals surface area contributed by atoms with Gasteiger partial charge in [0.1, 0.15) is 0 Å². The monoisotopic (exact) mass is 234 g/mol. The maximum atomic E-state index is 4.41. The van der Waals surface area contributed by atoms with Crippen LogP contribution in [0, 0.1) is 0 Å². The van der Waals surface area contributed by atoms with E-state index < -0.39 is 0 Å². The van der Waals surface area contributed by atoms with Crippen molar-refractivity contribution >= 4 is 0 Å². The molecule has 2 aliphatic heterocycles. The Hall–Kier alpha value is -0.870. The second-order valence-electron chi connectivity index (χ2n) is 5.58. The molecule has 3 rings (SSSR count). The first-order valence-corrected chi connectivity index (χ1v) is 6.66. The number of nitrogens with zero attached hydrogens (tertiary/aromatic N) is 3. The number of hydrogen-bond donors (Lipinski definition) is 1. The minimum atomic E-state index is 0.686. The van der Waals surface area contributed by atoms with Gasteiger partial charge in [0.05, 0.1) is 5.69 Å². The Balaban J connectivity index is 1.54. The van der Waals surface area contributed by atoms with E-state index in [2.05, 4.69) is 28.4 Å². The van der Waals surface area contributed by atoms with Crippen LogP contribution in [0.25, 0.3) is 0 Å². The van der Waals surface area contributed by atoms with E-state index in [9.17, 15) is 0 Å². The average Bonchev–Trinajstić information content (AvgIpc) is 2.78. The quantitative estimate of drug-likeness (QED) is 0.851. The zero-order chi connectivity index (χ0) is 11.8. The molecule has 1 aromatic rings. The van der Waals surface area contributed by atoms with Gasteiger partial charge >= 0.3 is 0 Å². The smallest absolute Gasteiger partial charge is 0.0762 e. The summed E-state index contributed by atoms with van der Waals surface area (Å²) in [7, 11) is 4.26. The molecular formula is C13H22N4. The molecule has 4 heteroatoms. The fourth-order valence-electron chi connectivity index (χ4n) is 3.38. The summed E-state index contributed by atoms with van der Waals surface area (Å²) in [6, 6.07) is 4.41. The van der Waals surface area contributed by atoms with Crippen molar-refractivity contribution in [2.45, 2.75) is 50.4 Å². The van der Waals surface area contributed by atoms with Gasteiger partial charge in [0.25, 0.3) is 0 Å². The summed E-state index contributed by atoms with van der Waals surface area (Å²) in [4.78, 5) is 2.58. The molecule has 0 saturated carbocycles. The van der Waals surface area contributed by atoms with Crippen molar-refractivity contribution in [3.05, 3.63) is 18.0 Å². The topological polar surface area (TPSA) is 33.1 Å². The van der Waals surface area contributed by atoms with E-state index >= 15 is 0 Å². The normalized spacial score (nSPS) is 33.2. The average molecular weight is 234 g/mol. The summed E-state index contributed by atoms with van der Waals surface area (Å²) in [5.41, 5.74) is 1.15. The Morgan fingerprint density at radius 3 is 2.59 bits per heavy atom. The molecule has 0 radical (unpaired) electrons. The van der Waals surface area contributed by atoms with Gasteiger partial charge in [0.15, 0.2) is 0 Å². The molecule has 2 atom stereocenters. The summed E-state index contributed by atoms with van der Waals surface area (Å²) >= 11 is 0. The van der Waals surface area contributed by atoms with Gasteiger partial charge in [-0.2, -0.15) is 5.10 Å². The van der Waals surface area contributed by atoms with Gasteiger partial charge in [0, 0.05) is 37.9 Å². The van der Waals surface area contributed by atoms with Crippen molar-refractivity contribution in [1.29, 1.82) is 0 Å². The van der Waals surface area contributed by atoms with Crippen molar-refractivity contribution < 1.29 is 0 Å². The Bertz CT molecular complexity index is 373. The molecule has 1 N–H and O–H groups in total. The number of hydrogen-bond acceptors (Lipinski definition) is 3. The third kappa shape index (κ3) is 2.24. The summed E-state index contributed by atoms with van der Waals surface area (Å²) in [5, 5.41) is 8.08. The van der Waals surface area contributed by atoms with Crippen LogP contribution in [0.5, 0.6) is 0 Å². The van der Waals surface area contributed by atoms with E-state index in [0.29, 0.717) is 6.04 Å². The molecule has 17 heavy (non-hydrogen) atoms. The molecule has 2 saturated heterocycles. The fraction of sp³-hybridized carbons (Fsp3) is 0.769. The highest BCUT2D eigenvalue weighted by molar-refractivity contribution is 5.00. The Morgan fingerprint density at radius 2 is 2.00 bits per heavy atom. The standard InChI is InChI=1S/C13H22N4/c1-16-6-5-10(15-16)9-14-11-7-12-3-4-13(8-11)17(12)2/h5-6,11-14H,3-4,7-9H2,1-2H3. The van der Waals surface area contributed by atoms with Crippen molar-refractivity contribution in [3.8, 4) is 0 Å². The minimum Gasteiger partial charge on any atom is -0.308 e. The van der Waals surface area contributed by atoms with Crippen LogP contribution >= 0.6 is 0 Å². The van der Waals surface area contributed by atoms with Gasteiger partial charge < -0.3 is 10.2 Å². The van der Waals surface area contributed by atoms with Crippen LogP contribution in [-0.4, -0.2) is 39.9 Å². The first-order chi connectivity index (χ1) is 8.22. The molecule has 2 aliphatic rings. The van der Waals surface area contributed by atoms with Gasteiger partial charge in [-0.05, 0) is 38.8 Å². The molecule has 0 aliphatic carbocycles. The van der Waals surface area contributed by atoms with Crippen molar-refractivity contribution in [2.24, 2.45) is 7.05 Å². The number of fused-ring (bicyclic) bond motifs is 2. The third-order valence-corrected chi connectivity index (χ3v) is 4.44. The molecule has 2 unspecified atom stereocenters. The van der Waals surface area contributed by atoms with E-state index in [0.717, 1.165) is 24.3 Å². The zero-order valence-corrected chi connectivity index (χ0v) is 10.8. The summed E-state index contributed by atoms with van der Waals surface area (Å²) in [6.45, 7) is 0.911. The molecule has 2 bridgehead atoms. The fourth-order valence-corrected chi connectivity index (χ4v) is 3.38. The second-order valence-corrected chi connectivity index (χ2v) is 5.58. The van der Waals surface area contributed by atoms with Gasteiger partial charge in [-0.15, -0.1) is 0 Å². The van der Waals surface area contributed by atoms with Crippen LogP contribution in [0.4, 0.5) is 0 Å². The number of aromatic nitrogens is 2. The van der Waals surface area contributed by atoms with Crippen molar-refractivity contribution in [2.75, 3.05) is 7.05 Å². The van der Waals surface area contributed by atoms with E-state index in [4.69, 9.17) is 0 Å². The molecule has 0 spiro atoms. The first kappa shape index (κ1) is 11.2. The largest absolute Gasteiger partial charge is 0.308 e. The Labute approximate surface area is 103 Å². The Morgan fingerprint density at radius 1 is 1.29 bits per heavy atom. The lowest BCUT2D eigenvalue weighted by Gasteiger charge is -2.36.